The molecule has 0 radical (unpaired) electrons. The number of benzene rings is 3. The van der Waals surface area contributed by atoms with Crippen LogP contribution in [0.2, 0.25) is 0 Å². The van der Waals surface area contributed by atoms with Crippen molar-refractivity contribution >= 4 is 28.9 Å². The second kappa shape index (κ2) is 6.94. The number of hydrogen-bond acceptors (Lipinski definition) is 5. The van der Waals surface area contributed by atoms with Crippen molar-refractivity contribution in [2.75, 3.05) is 7.11 Å². The van der Waals surface area contributed by atoms with E-state index in [1.807, 2.05) is 24.3 Å². The standard InChI is InChI=1S/C22H19N3O4/c1-22(15-8-10-16(29-2)11-9-15)20(27)25(21(28)24-22)23-13-18-17-6-4-3-5-14(17)7-12-19(18)26/h3-13,26H,1-2H3,(H,24,28)/b23-13+/t22-/m0/s1. The van der Waals surface area contributed by atoms with E-state index in [4.69, 9.17) is 4.74 Å². The first-order chi connectivity index (χ1) is 13.9. The number of imide groups is 1. The summed E-state index contributed by atoms with van der Waals surface area (Å²) >= 11 is 0. The highest BCUT2D eigenvalue weighted by Crippen LogP contribution is 2.31. The van der Waals surface area contributed by atoms with Gasteiger partial charge in [-0.1, -0.05) is 42.5 Å². The lowest BCUT2D eigenvalue weighted by Gasteiger charge is -2.21. The zero-order valence-electron chi connectivity index (χ0n) is 15.9. The van der Waals surface area contributed by atoms with E-state index in [-0.39, 0.29) is 5.75 Å². The molecule has 3 amide bonds. The summed E-state index contributed by atoms with van der Waals surface area (Å²) in [6.45, 7) is 1.62. The Balaban J connectivity index is 1.67. The van der Waals surface area contributed by atoms with Crippen LogP contribution >= 0.6 is 0 Å². The number of carbonyl (C=O) groups is 2. The van der Waals surface area contributed by atoms with Crippen LogP contribution in [0.25, 0.3) is 10.8 Å². The van der Waals surface area contributed by atoms with Crippen molar-refractivity contribution in [2.45, 2.75) is 12.5 Å². The third-order valence-electron chi connectivity index (χ3n) is 5.09. The first-order valence-corrected chi connectivity index (χ1v) is 9.00. The Kier molecular flexibility index (Phi) is 4.43. The van der Waals surface area contributed by atoms with Crippen molar-refractivity contribution in [3.05, 3.63) is 71.8 Å². The molecule has 7 nitrogen and oxygen atoms in total. The third kappa shape index (κ3) is 3.06. The van der Waals surface area contributed by atoms with Gasteiger partial charge < -0.3 is 15.2 Å². The van der Waals surface area contributed by atoms with E-state index < -0.39 is 17.5 Å². The van der Waals surface area contributed by atoms with Crippen molar-refractivity contribution in [1.29, 1.82) is 0 Å². The van der Waals surface area contributed by atoms with Gasteiger partial charge in [-0.2, -0.15) is 5.10 Å². The van der Waals surface area contributed by atoms with Crippen molar-refractivity contribution < 1.29 is 19.4 Å². The average molecular weight is 389 g/mol. The number of hydrogen-bond donors (Lipinski definition) is 2. The van der Waals surface area contributed by atoms with Crippen LogP contribution in [0.15, 0.2) is 65.8 Å². The molecule has 0 unspecified atom stereocenters. The van der Waals surface area contributed by atoms with Crippen LogP contribution < -0.4 is 10.1 Å². The number of nitrogens with one attached hydrogen (secondary N) is 1. The molecule has 0 aliphatic carbocycles. The Labute approximate surface area is 167 Å². The van der Waals surface area contributed by atoms with Crippen molar-refractivity contribution in [3.63, 3.8) is 0 Å². The van der Waals surface area contributed by atoms with Crippen molar-refractivity contribution in [1.82, 2.24) is 10.3 Å². The molecule has 3 aromatic rings. The quantitative estimate of drug-likeness (QED) is 0.529. The molecule has 2 N–H and O–H groups in total. The molecule has 0 spiro atoms. The number of aromatic hydroxyl groups is 1. The number of phenolic OH excluding ortho intramolecular Hbond substituents is 1. The fourth-order valence-corrected chi connectivity index (χ4v) is 3.38. The summed E-state index contributed by atoms with van der Waals surface area (Å²) in [5.41, 5.74) is -0.203. The topological polar surface area (TPSA) is 91.2 Å². The monoisotopic (exact) mass is 389 g/mol. The summed E-state index contributed by atoms with van der Waals surface area (Å²) in [5.74, 6) is 0.150. The number of amides is 3. The van der Waals surface area contributed by atoms with Crippen LogP contribution in [0, 0.1) is 0 Å². The Morgan fingerprint density at radius 1 is 1.07 bits per heavy atom. The van der Waals surface area contributed by atoms with Crippen LogP contribution in [-0.2, 0) is 10.3 Å². The van der Waals surface area contributed by atoms with Gasteiger partial charge in [0.05, 0.1) is 13.3 Å². The average Bonchev–Trinajstić information content (AvgIpc) is 2.96. The summed E-state index contributed by atoms with van der Waals surface area (Å²) in [6.07, 6.45) is 1.33. The third-order valence-corrected chi connectivity index (χ3v) is 5.09. The molecule has 29 heavy (non-hydrogen) atoms. The number of hydrazone groups is 1. The van der Waals surface area contributed by atoms with Gasteiger partial charge in [-0.15, -0.1) is 5.01 Å². The molecule has 3 aromatic carbocycles. The zero-order chi connectivity index (χ0) is 20.6. The molecule has 1 aliphatic rings. The van der Waals surface area contributed by atoms with Gasteiger partial charge in [-0.3, -0.25) is 4.79 Å². The van der Waals surface area contributed by atoms with Gasteiger partial charge in [0.2, 0.25) is 0 Å². The molecular weight excluding hydrogens is 370 g/mol. The molecule has 0 bridgehead atoms. The van der Waals surface area contributed by atoms with Crippen LogP contribution in [0.3, 0.4) is 0 Å². The Morgan fingerprint density at radius 2 is 1.79 bits per heavy atom. The van der Waals surface area contributed by atoms with Gasteiger partial charge in [0.15, 0.2) is 0 Å². The molecule has 1 aliphatic heterocycles. The molecule has 0 saturated carbocycles. The van der Waals surface area contributed by atoms with E-state index in [2.05, 4.69) is 10.4 Å². The number of carbonyl (C=O) groups excluding carboxylic acids is 2. The van der Waals surface area contributed by atoms with Gasteiger partial charge in [-0.05, 0) is 41.5 Å². The molecule has 7 heteroatoms. The molecule has 1 heterocycles. The molecule has 1 saturated heterocycles. The number of rotatable bonds is 4. The lowest BCUT2D eigenvalue weighted by molar-refractivity contribution is -0.131. The maximum Gasteiger partial charge on any atom is 0.346 e. The Morgan fingerprint density at radius 3 is 2.52 bits per heavy atom. The molecule has 4 rings (SSSR count). The van der Waals surface area contributed by atoms with E-state index in [0.717, 1.165) is 15.8 Å². The van der Waals surface area contributed by atoms with Gasteiger partial charge in [0, 0.05) is 5.56 Å². The first kappa shape index (κ1) is 18.5. The fourth-order valence-electron chi connectivity index (χ4n) is 3.38. The van der Waals surface area contributed by atoms with E-state index >= 15 is 0 Å². The second-order valence-corrected chi connectivity index (χ2v) is 6.86. The van der Waals surface area contributed by atoms with Gasteiger partial charge >= 0.3 is 6.03 Å². The maximum atomic E-state index is 13.0. The normalized spacial score (nSPS) is 19.2. The van der Waals surface area contributed by atoms with Gasteiger partial charge in [0.25, 0.3) is 5.91 Å². The number of urea groups is 1. The van der Waals surface area contributed by atoms with E-state index in [0.29, 0.717) is 16.9 Å². The molecule has 146 valence electrons. The number of methoxy groups -OCH3 is 1. The zero-order valence-corrected chi connectivity index (χ0v) is 15.9. The van der Waals surface area contributed by atoms with Crippen LogP contribution in [0.5, 0.6) is 11.5 Å². The lowest BCUT2D eigenvalue weighted by atomic mass is 9.92. The Hall–Kier alpha value is -3.87. The largest absolute Gasteiger partial charge is 0.507 e. The highest BCUT2D eigenvalue weighted by Gasteiger charge is 2.49. The van der Waals surface area contributed by atoms with E-state index in [1.54, 1.807) is 50.4 Å². The SMILES string of the molecule is COc1ccc([C@]2(C)NC(=O)N(/N=C/c3c(O)ccc4ccccc34)C2=O)cc1. The van der Waals surface area contributed by atoms with Crippen molar-refractivity contribution in [2.24, 2.45) is 5.10 Å². The smallest absolute Gasteiger partial charge is 0.346 e. The van der Waals surface area contributed by atoms with Gasteiger partial charge in [-0.25, -0.2) is 4.79 Å². The molecule has 1 fully saturated rings. The summed E-state index contributed by atoms with van der Waals surface area (Å²) < 4.78 is 5.14. The minimum absolute atomic E-state index is 0.0115. The molecule has 1 atom stereocenters. The second-order valence-electron chi connectivity index (χ2n) is 6.86. The summed E-state index contributed by atoms with van der Waals surface area (Å²) in [5, 5.41) is 19.5. The molecule has 0 aromatic heterocycles. The van der Waals surface area contributed by atoms with Gasteiger partial charge in [0.1, 0.15) is 17.0 Å². The highest BCUT2D eigenvalue weighted by molar-refractivity contribution is 6.08. The highest BCUT2D eigenvalue weighted by atomic mass is 16.5. The van der Waals surface area contributed by atoms with Crippen LogP contribution in [0.1, 0.15) is 18.1 Å². The predicted octanol–water partition coefficient (Wildman–Crippen LogP) is 3.36. The predicted molar refractivity (Wildman–Crippen MR) is 109 cm³/mol. The van der Waals surface area contributed by atoms with E-state index in [9.17, 15) is 14.7 Å². The maximum absolute atomic E-state index is 13.0. The Bertz CT molecular complexity index is 1140. The van der Waals surface area contributed by atoms with Crippen LogP contribution in [0.4, 0.5) is 4.79 Å². The van der Waals surface area contributed by atoms with E-state index in [1.165, 1.54) is 6.21 Å². The summed E-state index contributed by atoms with van der Waals surface area (Å²) in [4.78, 5) is 25.5. The number of fused-ring (bicyclic) bond motifs is 1. The number of nitrogens with zero attached hydrogens (tertiary/aromatic N) is 2. The number of ether oxygens (including phenoxy) is 1. The summed E-state index contributed by atoms with van der Waals surface area (Å²) in [7, 11) is 1.55. The minimum Gasteiger partial charge on any atom is -0.507 e. The lowest BCUT2D eigenvalue weighted by Crippen LogP contribution is -2.40. The number of phenols is 1. The van der Waals surface area contributed by atoms with Crippen molar-refractivity contribution in [3.8, 4) is 11.5 Å². The fraction of sp³-hybridized carbons (Fsp3) is 0.136. The summed E-state index contributed by atoms with van der Waals surface area (Å²) in [6, 6.07) is 17.1. The molecular formula is C22H19N3O4. The first-order valence-electron chi connectivity index (χ1n) is 9.00. The minimum atomic E-state index is -1.25. The van der Waals surface area contributed by atoms with Crippen LogP contribution in [-0.4, -0.2) is 35.4 Å².